The van der Waals surface area contributed by atoms with Gasteiger partial charge in [-0.05, 0) is 33.1 Å². The highest BCUT2D eigenvalue weighted by Gasteiger charge is 2.25. The minimum absolute atomic E-state index is 0.157. The zero-order valence-corrected chi connectivity index (χ0v) is 12.4. The first-order valence-corrected chi connectivity index (χ1v) is 7.14. The molecule has 1 saturated heterocycles. The van der Waals surface area contributed by atoms with Gasteiger partial charge in [-0.25, -0.2) is 0 Å². The maximum atomic E-state index is 11.1. The van der Waals surface area contributed by atoms with Gasteiger partial charge >= 0.3 is 5.97 Å². The fraction of sp³-hybridized carbons (Fsp3) is 0.929. The van der Waals surface area contributed by atoms with Crippen molar-refractivity contribution >= 4 is 5.97 Å². The zero-order valence-electron chi connectivity index (χ0n) is 12.4. The Bertz CT molecular complexity index is 273. The number of hydrogen-bond donors (Lipinski definition) is 2. The molecular formula is C14H27NO4. The number of nitrogens with one attached hydrogen (secondary N) is 1. The molecule has 1 fully saturated rings. The van der Waals surface area contributed by atoms with Crippen LogP contribution in [0, 0.1) is 0 Å². The van der Waals surface area contributed by atoms with Crippen LogP contribution in [0.25, 0.3) is 0 Å². The maximum absolute atomic E-state index is 11.1. The van der Waals surface area contributed by atoms with Crippen LogP contribution in [0.2, 0.25) is 0 Å². The van der Waals surface area contributed by atoms with Gasteiger partial charge in [-0.3, -0.25) is 4.79 Å². The summed E-state index contributed by atoms with van der Waals surface area (Å²) < 4.78 is 11.5. The fourth-order valence-electron chi connectivity index (χ4n) is 2.51. The van der Waals surface area contributed by atoms with Crippen molar-refractivity contribution in [2.75, 3.05) is 6.61 Å². The fourth-order valence-corrected chi connectivity index (χ4v) is 2.51. The first-order valence-electron chi connectivity index (χ1n) is 7.14. The molecular weight excluding hydrogens is 246 g/mol. The van der Waals surface area contributed by atoms with Gasteiger partial charge in [0.2, 0.25) is 0 Å². The third-order valence-corrected chi connectivity index (χ3v) is 3.25. The SMILES string of the molecule is CC(C)NC(CCOC1CC(C)OC(C)C1)C(=O)O. The Morgan fingerprint density at radius 3 is 2.42 bits per heavy atom. The lowest BCUT2D eigenvalue weighted by atomic mass is 10.0. The second-order valence-corrected chi connectivity index (χ2v) is 5.72. The van der Waals surface area contributed by atoms with Crippen molar-refractivity contribution in [3.05, 3.63) is 0 Å². The average Bonchev–Trinajstić information content (AvgIpc) is 2.25. The van der Waals surface area contributed by atoms with Crippen molar-refractivity contribution in [1.29, 1.82) is 0 Å². The van der Waals surface area contributed by atoms with Crippen LogP contribution in [0.3, 0.4) is 0 Å². The van der Waals surface area contributed by atoms with Gasteiger partial charge in [0.05, 0.1) is 18.3 Å². The first-order chi connectivity index (χ1) is 8.88. The molecule has 1 aliphatic rings. The van der Waals surface area contributed by atoms with Crippen LogP contribution < -0.4 is 5.32 Å². The van der Waals surface area contributed by atoms with Crippen LogP contribution in [0.15, 0.2) is 0 Å². The van der Waals surface area contributed by atoms with Crippen molar-refractivity contribution in [3.8, 4) is 0 Å². The van der Waals surface area contributed by atoms with Gasteiger partial charge in [-0.2, -0.15) is 0 Å². The summed E-state index contributed by atoms with van der Waals surface area (Å²) in [5.74, 6) is -0.814. The Morgan fingerprint density at radius 1 is 1.37 bits per heavy atom. The number of carboxylic acids is 1. The molecule has 112 valence electrons. The van der Waals surface area contributed by atoms with Gasteiger partial charge in [0, 0.05) is 12.6 Å². The van der Waals surface area contributed by atoms with E-state index in [4.69, 9.17) is 14.6 Å². The molecule has 0 amide bonds. The van der Waals surface area contributed by atoms with Gasteiger partial charge in [0.1, 0.15) is 6.04 Å². The summed E-state index contributed by atoms with van der Waals surface area (Å²) in [6.07, 6.45) is 2.90. The molecule has 0 radical (unpaired) electrons. The lowest BCUT2D eigenvalue weighted by Gasteiger charge is -2.32. The Morgan fingerprint density at radius 2 is 1.95 bits per heavy atom. The van der Waals surface area contributed by atoms with Crippen LogP contribution in [-0.4, -0.2) is 48.1 Å². The first kappa shape index (κ1) is 16.4. The van der Waals surface area contributed by atoms with Crippen molar-refractivity contribution in [2.45, 2.75) is 77.4 Å². The largest absolute Gasteiger partial charge is 0.480 e. The zero-order chi connectivity index (χ0) is 14.4. The Labute approximate surface area is 115 Å². The van der Waals surface area contributed by atoms with Crippen molar-refractivity contribution in [2.24, 2.45) is 0 Å². The Hall–Kier alpha value is -0.650. The number of hydrogen-bond acceptors (Lipinski definition) is 4. The lowest BCUT2D eigenvalue weighted by molar-refractivity contribution is -0.141. The van der Waals surface area contributed by atoms with Gasteiger partial charge in [-0.1, -0.05) is 13.8 Å². The number of rotatable bonds is 7. The smallest absolute Gasteiger partial charge is 0.320 e. The van der Waals surface area contributed by atoms with Crippen LogP contribution in [-0.2, 0) is 14.3 Å². The van der Waals surface area contributed by atoms with Crippen LogP contribution in [0.5, 0.6) is 0 Å². The molecule has 1 rings (SSSR count). The minimum Gasteiger partial charge on any atom is -0.480 e. The number of carboxylic acid groups (broad SMARTS) is 1. The molecule has 1 heterocycles. The molecule has 5 heteroatoms. The number of aliphatic carboxylic acids is 1. The van der Waals surface area contributed by atoms with Gasteiger partial charge in [0.25, 0.3) is 0 Å². The summed E-state index contributed by atoms with van der Waals surface area (Å²) in [6, 6.07) is -0.376. The van der Waals surface area contributed by atoms with Gasteiger partial charge < -0.3 is 19.9 Å². The molecule has 0 saturated carbocycles. The lowest BCUT2D eigenvalue weighted by Crippen LogP contribution is -2.42. The molecule has 0 aromatic heterocycles. The molecule has 0 aliphatic carbocycles. The second-order valence-electron chi connectivity index (χ2n) is 5.72. The summed E-state index contributed by atoms with van der Waals surface area (Å²) in [4.78, 5) is 11.1. The normalized spacial score (nSPS) is 29.4. The second kappa shape index (κ2) is 7.82. The van der Waals surface area contributed by atoms with Gasteiger partial charge in [0.15, 0.2) is 0 Å². The van der Waals surface area contributed by atoms with Crippen molar-refractivity contribution in [3.63, 3.8) is 0 Å². The molecule has 0 bridgehead atoms. The molecule has 0 aromatic rings. The quantitative estimate of drug-likeness (QED) is 0.740. The number of ether oxygens (including phenoxy) is 2. The number of carbonyl (C=O) groups is 1. The summed E-state index contributed by atoms with van der Waals surface area (Å²) in [5.41, 5.74) is 0. The van der Waals surface area contributed by atoms with E-state index in [2.05, 4.69) is 5.32 Å². The monoisotopic (exact) mass is 273 g/mol. The van der Waals surface area contributed by atoms with E-state index in [0.29, 0.717) is 13.0 Å². The van der Waals surface area contributed by atoms with E-state index < -0.39 is 12.0 Å². The van der Waals surface area contributed by atoms with E-state index in [1.807, 2.05) is 27.7 Å². The van der Waals surface area contributed by atoms with E-state index >= 15 is 0 Å². The molecule has 5 nitrogen and oxygen atoms in total. The molecule has 1 aliphatic heterocycles. The van der Waals surface area contributed by atoms with Crippen molar-refractivity contribution < 1.29 is 19.4 Å². The van der Waals surface area contributed by atoms with E-state index in [0.717, 1.165) is 12.8 Å². The predicted molar refractivity (Wildman–Crippen MR) is 73.3 cm³/mol. The van der Waals surface area contributed by atoms with Crippen LogP contribution in [0.4, 0.5) is 0 Å². The Balaban J connectivity index is 2.29. The average molecular weight is 273 g/mol. The summed E-state index contributed by atoms with van der Waals surface area (Å²) in [5, 5.41) is 12.1. The highest BCUT2D eigenvalue weighted by molar-refractivity contribution is 5.73. The van der Waals surface area contributed by atoms with E-state index in [1.54, 1.807) is 0 Å². The Kier molecular flexibility index (Phi) is 6.75. The summed E-state index contributed by atoms with van der Waals surface area (Å²) >= 11 is 0. The molecule has 19 heavy (non-hydrogen) atoms. The van der Waals surface area contributed by atoms with Crippen molar-refractivity contribution in [1.82, 2.24) is 5.32 Å². The highest BCUT2D eigenvalue weighted by Crippen LogP contribution is 2.21. The summed E-state index contributed by atoms with van der Waals surface area (Å²) in [7, 11) is 0. The third kappa shape index (κ3) is 6.36. The summed E-state index contributed by atoms with van der Waals surface area (Å²) in [6.45, 7) is 8.46. The molecule has 2 N–H and O–H groups in total. The van der Waals surface area contributed by atoms with E-state index in [9.17, 15) is 4.79 Å². The van der Waals surface area contributed by atoms with Gasteiger partial charge in [-0.15, -0.1) is 0 Å². The van der Waals surface area contributed by atoms with E-state index in [-0.39, 0.29) is 24.4 Å². The molecule has 0 aromatic carbocycles. The van der Waals surface area contributed by atoms with Crippen LogP contribution >= 0.6 is 0 Å². The van der Waals surface area contributed by atoms with Crippen LogP contribution in [0.1, 0.15) is 47.0 Å². The van der Waals surface area contributed by atoms with E-state index in [1.165, 1.54) is 0 Å². The third-order valence-electron chi connectivity index (χ3n) is 3.25. The molecule has 3 atom stereocenters. The topological polar surface area (TPSA) is 67.8 Å². The standard InChI is InChI=1S/C14H27NO4/c1-9(2)15-13(14(16)17)5-6-18-12-7-10(3)19-11(4)8-12/h9-13,15H,5-8H2,1-4H3,(H,16,17). The maximum Gasteiger partial charge on any atom is 0.320 e. The highest BCUT2D eigenvalue weighted by atomic mass is 16.5. The molecule has 0 spiro atoms. The predicted octanol–water partition coefficient (Wildman–Crippen LogP) is 1.80. The minimum atomic E-state index is -0.814. The molecule has 3 unspecified atom stereocenters.